The molecular formula is C36H52N2O5. The molecule has 0 heterocycles. The Morgan fingerprint density at radius 2 is 1.70 bits per heavy atom. The predicted molar refractivity (Wildman–Crippen MR) is 171 cm³/mol. The van der Waals surface area contributed by atoms with E-state index >= 15 is 0 Å². The van der Waals surface area contributed by atoms with Crippen LogP contribution in [0, 0.1) is 23.2 Å². The number of aliphatic hydroxyl groups is 1. The molecule has 3 aliphatic rings. The Kier molecular flexibility index (Phi) is 11.3. The number of aliphatic hydroxyl groups excluding tert-OH is 1. The van der Waals surface area contributed by atoms with Crippen molar-refractivity contribution in [1.29, 1.82) is 0 Å². The molecule has 2 aromatic carbocycles. The highest BCUT2D eigenvalue weighted by Gasteiger charge is 2.62. The van der Waals surface area contributed by atoms with E-state index < -0.39 is 0 Å². The van der Waals surface area contributed by atoms with Crippen LogP contribution in [-0.2, 0) is 32.8 Å². The molecule has 3 N–H and O–H groups in total. The van der Waals surface area contributed by atoms with Gasteiger partial charge in [0.2, 0.25) is 0 Å². The monoisotopic (exact) mass is 592 g/mol. The molecule has 0 saturated heterocycles. The molecule has 0 amide bonds. The molecule has 7 heteroatoms. The summed E-state index contributed by atoms with van der Waals surface area (Å²) in [6, 6.07) is 16.0. The Hall–Kier alpha value is -2.29. The molecule has 0 aromatic heterocycles. The molecule has 236 valence electrons. The number of ether oxygens (including phenoxy) is 3. The first-order chi connectivity index (χ1) is 21.0. The second kappa shape index (κ2) is 15.1. The second-order valence-corrected chi connectivity index (χ2v) is 13.1. The molecule has 0 bridgehead atoms. The fraction of sp³-hybridized carbons (Fsp3) is 0.639. The zero-order valence-electron chi connectivity index (χ0n) is 26.0. The first kappa shape index (κ1) is 32.1. The van der Waals surface area contributed by atoms with Crippen LogP contribution in [0.4, 0.5) is 0 Å². The quantitative estimate of drug-likeness (QED) is 0.162. The molecule has 2 fully saturated rings. The number of aliphatic imine (C=N–C) groups is 1. The van der Waals surface area contributed by atoms with E-state index in [0.29, 0.717) is 63.1 Å². The largest absolute Gasteiger partial charge is 0.508 e. The summed E-state index contributed by atoms with van der Waals surface area (Å²) in [5.74, 6) is 1.64. The third kappa shape index (κ3) is 7.34. The summed E-state index contributed by atoms with van der Waals surface area (Å²) in [7, 11) is 0. The SMILES string of the molecule is C=N[C@]12CCC3(C)[C@@H](O)CC[C@H]3[C@@H]1[C@H](CCCCNCCOCCOCCOCc1ccccc1)Cc1cc(O)ccc12. The summed E-state index contributed by atoms with van der Waals surface area (Å²) in [6.07, 6.45) is 7.99. The number of phenols is 1. The summed E-state index contributed by atoms with van der Waals surface area (Å²) < 4.78 is 16.9. The van der Waals surface area contributed by atoms with E-state index in [1.165, 1.54) is 16.7 Å². The van der Waals surface area contributed by atoms with Crippen LogP contribution in [0.2, 0.25) is 0 Å². The summed E-state index contributed by atoms with van der Waals surface area (Å²) >= 11 is 0. The van der Waals surface area contributed by atoms with Crippen molar-refractivity contribution >= 4 is 6.72 Å². The average molecular weight is 593 g/mol. The van der Waals surface area contributed by atoms with Crippen LogP contribution in [0.1, 0.15) is 68.6 Å². The van der Waals surface area contributed by atoms with Crippen molar-refractivity contribution in [3.8, 4) is 5.75 Å². The summed E-state index contributed by atoms with van der Waals surface area (Å²) in [6.45, 7) is 11.9. The highest BCUT2D eigenvalue weighted by molar-refractivity contribution is 5.46. The van der Waals surface area contributed by atoms with Crippen molar-refractivity contribution in [3.05, 3.63) is 65.2 Å². The lowest BCUT2D eigenvalue weighted by molar-refractivity contribution is -0.0689. The van der Waals surface area contributed by atoms with E-state index in [-0.39, 0.29) is 17.1 Å². The normalized spacial score (nSPS) is 29.5. The number of aromatic hydroxyl groups is 1. The van der Waals surface area contributed by atoms with Crippen molar-refractivity contribution in [2.24, 2.45) is 28.2 Å². The van der Waals surface area contributed by atoms with Crippen molar-refractivity contribution in [3.63, 3.8) is 0 Å². The molecule has 3 aliphatic carbocycles. The lowest BCUT2D eigenvalue weighted by Gasteiger charge is -2.57. The van der Waals surface area contributed by atoms with Gasteiger partial charge in [-0.3, -0.25) is 4.99 Å². The molecule has 0 radical (unpaired) electrons. The Bertz CT molecular complexity index is 1160. The van der Waals surface area contributed by atoms with Crippen molar-refractivity contribution in [1.82, 2.24) is 5.32 Å². The molecule has 6 atom stereocenters. The fourth-order valence-corrected chi connectivity index (χ4v) is 8.44. The maximum absolute atomic E-state index is 11.0. The van der Waals surface area contributed by atoms with Gasteiger partial charge in [0, 0.05) is 6.54 Å². The number of hydrogen-bond acceptors (Lipinski definition) is 7. The van der Waals surface area contributed by atoms with Gasteiger partial charge in [-0.25, -0.2) is 0 Å². The summed E-state index contributed by atoms with van der Waals surface area (Å²) in [5.41, 5.74) is 3.32. The van der Waals surface area contributed by atoms with Gasteiger partial charge in [0.05, 0.1) is 51.3 Å². The van der Waals surface area contributed by atoms with Crippen LogP contribution in [-0.4, -0.2) is 69.2 Å². The molecule has 7 nitrogen and oxygen atoms in total. The topological polar surface area (TPSA) is 92.5 Å². The molecular weight excluding hydrogens is 540 g/mol. The van der Waals surface area contributed by atoms with Crippen LogP contribution in [0.5, 0.6) is 5.75 Å². The molecule has 43 heavy (non-hydrogen) atoms. The lowest BCUT2D eigenvalue weighted by atomic mass is 9.49. The van der Waals surface area contributed by atoms with E-state index in [1.54, 1.807) is 0 Å². The lowest BCUT2D eigenvalue weighted by Crippen LogP contribution is -2.55. The summed E-state index contributed by atoms with van der Waals surface area (Å²) in [4.78, 5) is 4.91. The zero-order chi connectivity index (χ0) is 30.1. The smallest absolute Gasteiger partial charge is 0.115 e. The van der Waals surface area contributed by atoms with E-state index in [2.05, 4.69) is 37.2 Å². The minimum absolute atomic E-state index is 0.0335. The van der Waals surface area contributed by atoms with Crippen molar-refractivity contribution in [2.75, 3.05) is 46.1 Å². The number of hydrogen-bond donors (Lipinski definition) is 3. The third-order valence-corrected chi connectivity index (χ3v) is 10.7. The first-order valence-electron chi connectivity index (χ1n) is 16.4. The van der Waals surface area contributed by atoms with E-state index in [1.807, 2.05) is 30.3 Å². The fourth-order valence-electron chi connectivity index (χ4n) is 8.44. The molecule has 2 saturated carbocycles. The third-order valence-electron chi connectivity index (χ3n) is 10.7. The van der Waals surface area contributed by atoms with Crippen LogP contribution < -0.4 is 5.32 Å². The number of rotatable bonds is 17. The predicted octanol–water partition coefficient (Wildman–Crippen LogP) is 5.66. The zero-order valence-corrected chi connectivity index (χ0v) is 26.0. The molecule has 2 aromatic rings. The average Bonchev–Trinajstić information content (AvgIpc) is 3.32. The van der Waals surface area contributed by atoms with Gasteiger partial charge in [0.1, 0.15) is 5.75 Å². The van der Waals surface area contributed by atoms with Gasteiger partial charge in [0.25, 0.3) is 0 Å². The van der Waals surface area contributed by atoms with E-state index in [9.17, 15) is 10.2 Å². The Balaban J connectivity index is 0.995. The Morgan fingerprint density at radius 1 is 0.930 bits per heavy atom. The van der Waals surface area contributed by atoms with Crippen molar-refractivity contribution < 1.29 is 24.4 Å². The molecule has 0 spiro atoms. The second-order valence-electron chi connectivity index (χ2n) is 13.1. The van der Waals surface area contributed by atoms with Gasteiger partial charge < -0.3 is 29.7 Å². The standard InChI is InChI=1S/C36H52N2O5/c1-35-15-16-36(37-2)31-12-11-30(39)25-29(31)24-28(34(36)32(35)13-14-33(35)40)10-6-7-17-38-18-19-41-20-21-42-22-23-43-26-27-8-4-3-5-9-27/h3-5,8-9,11-12,25,28,32-34,38-40H,2,6-7,10,13-24,26H2,1H3/t28-,32+,33+,34+,35?,36+/m1/s1. The number of benzene rings is 2. The molecule has 1 unspecified atom stereocenters. The molecule has 5 rings (SSSR count). The highest BCUT2D eigenvalue weighted by atomic mass is 16.5. The first-order valence-corrected chi connectivity index (χ1v) is 16.4. The van der Waals surface area contributed by atoms with E-state index in [4.69, 9.17) is 19.2 Å². The van der Waals surface area contributed by atoms with Crippen LogP contribution >= 0.6 is 0 Å². The van der Waals surface area contributed by atoms with Crippen LogP contribution in [0.25, 0.3) is 0 Å². The van der Waals surface area contributed by atoms with Gasteiger partial charge in [-0.05, 0) is 110 Å². The number of nitrogens with one attached hydrogen (secondary N) is 1. The maximum atomic E-state index is 11.0. The number of unbranched alkanes of at least 4 members (excludes halogenated alkanes) is 1. The highest BCUT2D eigenvalue weighted by Crippen LogP contribution is 2.65. The van der Waals surface area contributed by atoms with Gasteiger partial charge in [-0.2, -0.15) is 0 Å². The molecule has 0 aliphatic heterocycles. The van der Waals surface area contributed by atoms with E-state index in [0.717, 1.165) is 64.5 Å². The number of phenolic OH excluding ortho intramolecular Hbond substituents is 1. The maximum Gasteiger partial charge on any atom is 0.115 e. The van der Waals surface area contributed by atoms with Crippen LogP contribution in [0.3, 0.4) is 0 Å². The Labute approximate surface area is 258 Å². The van der Waals surface area contributed by atoms with Gasteiger partial charge in [-0.1, -0.05) is 49.7 Å². The minimum atomic E-state index is -0.311. The van der Waals surface area contributed by atoms with Crippen LogP contribution in [0.15, 0.2) is 53.5 Å². The summed E-state index contributed by atoms with van der Waals surface area (Å²) in [5, 5.41) is 24.8. The van der Waals surface area contributed by atoms with Gasteiger partial charge in [0.15, 0.2) is 0 Å². The van der Waals surface area contributed by atoms with Crippen molar-refractivity contribution in [2.45, 2.75) is 76.5 Å². The van der Waals surface area contributed by atoms with Gasteiger partial charge >= 0.3 is 0 Å². The Morgan fingerprint density at radius 3 is 2.49 bits per heavy atom. The van der Waals surface area contributed by atoms with Gasteiger partial charge in [-0.15, -0.1) is 0 Å². The minimum Gasteiger partial charge on any atom is -0.508 e. The number of nitrogens with zero attached hydrogens (tertiary/aromatic N) is 1. The number of fused-ring (bicyclic) bond motifs is 5.